The van der Waals surface area contributed by atoms with Crippen molar-refractivity contribution in [3.8, 4) is 5.69 Å². The van der Waals surface area contributed by atoms with Gasteiger partial charge >= 0.3 is 0 Å². The third-order valence-electron chi connectivity index (χ3n) is 4.91. The number of benzene rings is 2. The van der Waals surface area contributed by atoms with Crippen molar-refractivity contribution in [1.29, 1.82) is 0 Å². The first-order valence-electron chi connectivity index (χ1n) is 9.66. The van der Waals surface area contributed by atoms with Crippen LogP contribution in [-0.2, 0) is 12.2 Å². The quantitative estimate of drug-likeness (QED) is 0.235. The molecule has 3 nitrogen and oxygen atoms in total. The molecule has 4 rings (SSSR count). The van der Waals surface area contributed by atoms with Gasteiger partial charge in [0.2, 0.25) is 0 Å². The molecule has 0 unspecified atom stereocenters. The molecule has 0 N–H and O–H groups in total. The number of rotatable bonds is 6. The van der Waals surface area contributed by atoms with Gasteiger partial charge in [-0.2, -0.15) is 0 Å². The van der Waals surface area contributed by atoms with E-state index in [0.29, 0.717) is 27.0 Å². The van der Waals surface area contributed by atoms with Crippen LogP contribution in [0.4, 0.5) is 4.39 Å². The molecule has 0 amide bonds. The molecule has 0 saturated heterocycles. The van der Waals surface area contributed by atoms with E-state index in [9.17, 15) is 9.18 Å². The van der Waals surface area contributed by atoms with Crippen LogP contribution in [0.15, 0.2) is 58.5 Å². The molecule has 2 heterocycles. The van der Waals surface area contributed by atoms with Gasteiger partial charge in [-0.3, -0.25) is 9.36 Å². The first-order valence-corrected chi connectivity index (χ1v) is 11.8. The minimum Gasteiger partial charge on any atom is -0.268 e. The molecule has 0 aliphatic heterocycles. The summed E-state index contributed by atoms with van der Waals surface area (Å²) in [5.41, 5.74) is 2.44. The minimum absolute atomic E-state index is 0.121. The van der Waals surface area contributed by atoms with Gasteiger partial charge in [-0.15, -0.1) is 11.3 Å². The summed E-state index contributed by atoms with van der Waals surface area (Å²) in [6.45, 7) is 4.11. The maximum absolute atomic E-state index is 13.5. The van der Waals surface area contributed by atoms with E-state index in [4.69, 9.17) is 16.6 Å². The van der Waals surface area contributed by atoms with E-state index < -0.39 is 0 Å². The molecule has 4 aromatic rings. The third-order valence-corrected chi connectivity index (χ3v) is 7.51. The lowest BCUT2D eigenvalue weighted by Gasteiger charge is -2.13. The van der Waals surface area contributed by atoms with Crippen molar-refractivity contribution in [2.45, 2.75) is 37.6 Å². The zero-order valence-electron chi connectivity index (χ0n) is 16.6. The maximum atomic E-state index is 13.5. The van der Waals surface area contributed by atoms with Crippen LogP contribution in [0.5, 0.6) is 0 Å². The van der Waals surface area contributed by atoms with Crippen molar-refractivity contribution >= 4 is 44.9 Å². The molecular weight excluding hydrogens is 439 g/mol. The first-order chi connectivity index (χ1) is 14.5. The van der Waals surface area contributed by atoms with Gasteiger partial charge in [0.25, 0.3) is 5.56 Å². The van der Waals surface area contributed by atoms with E-state index in [1.54, 1.807) is 28.0 Å². The smallest absolute Gasteiger partial charge is 0.267 e. The molecule has 0 bridgehead atoms. The van der Waals surface area contributed by atoms with E-state index in [-0.39, 0.29) is 11.4 Å². The SMILES string of the molecule is CCCc1sc2nc(SCc3ccccc3Cl)n(-c3ccc(F)cc3)c(=O)c2c1C. The number of aromatic nitrogens is 2. The number of nitrogens with zero attached hydrogens (tertiary/aromatic N) is 2. The second-order valence-electron chi connectivity index (χ2n) is 6.97. The van der Waals surface area contributed by atoms with E-state index in [1.807, 2.05) is 31.2 Å². The summed E-state index contributed by atoms with van der Waals surface area (Å²) in [6.07, 6.45) is 1.93. The molecule has 0 fully saturated rings. The van der Waals surface area contributed by atoms with Crippen molar-refractivity contribution in [3.05, 3.63) is 85.7 Å². The Morgan fingerprint density at radius 3 is 2.60 bits per heavy atom. The summed E-state index contributed by atoms with van der Waals surface area (Å²) in [5.74, 6) is 0.230. The fourth-order valence-corrected chi connectivity index (χ4v) is 5.97. The first kappa shape index (κ1) is 21.1. The van der Waals surface area contributed by atoms with Gasteiger partial charge in [0.05, 0.1) is 11.1 Å². The number of fused-ring (bicyclic) bond motifs is 1. The summed E-state index contributed by atoms with van der Waals surface area (Å²) in [7, 11) is 0. The molecule has 0 aliphatic carbocycles. The number of hydrogen-bond donors (Lipinski definition) is 0. The van der Waals surface area contributed by atoms with Gasteiger partial charge in [0.15, 0.2) is 5.16 Å². The largest absolute Gasteiger partial charge is 0.268 e. The Morgan fingerprint density at radius 1 is 1.17 bits per heavy atom. The second kappa shape index (κ2) is 8.92. The lowest BCUT2D eigenvalue weighted by molar-refractivity contribution is 0.627. The fraction of sp³-hybridized carbons (Fsp3) is 0.217. The van der Waals surface area contributed by atoms with E-state index in [2.05, 4.69) is 6.92 Å². The average Bonchev–Trinajstić information content (AvgIpc) is 3.04. The van der Waals surface area contributed by atoms with E-state index in [1.165, 1.54) is 28.8 Å². The van der Waals surface area contributed by atoms with Gasteiger partial charge in [-0.1, -0.05) is 54.9 Å². The average molecular weight is 459 g/mol. The molecule has 0 spiro atoms. The van der Waals surface area contributed by atoms with Crippen molar-refractivity contribution < 1.29 is 4.39 Å². The molecule has 2 aromatic carbocycles. The third kappa shape index (κ3) is 4.04. The van der Waals surface area contributed by atoms with Crippen LogP contribution < -0.4 is 5.56 Å². The lowest BCUT2D eigenvalue weighted by Crippen LogP contribution is -2.21. The predicted molar refractivity (Wildman–Crippen MR) is 125 cm³/mol. The zero-order chi connectivity index (χ0) is 21.3. The van der Waals surface area contributed by atoms with Crippen molar-refractivity contribution in [3.63, 3.8) is 0 Å². The van der Waals surface area contributed by atoms with Crippen molar-refractivity contribution in [2.24, 2.45) is 0 Å². The summed E-state index contributed by atoms with van der Waals surface area (Å²) in [4.78, 5) is 20.3. The number of hydrogen-bond acceptors (Lipinski definition) is 4. The highest BCUT2D eigenvalue weighted by molar-refractivity contribution is 7.98. The Balaban J connectivity index is 1.88. The van der Waals surface area contributed by atoms with Gasteiger partial charge in [-0.05, 0) is 54.8 Å². The fourth-order valence-electron chi connectivity index (χ4n) is 3.35. The van der Waals surface area contributed by atoms with Gasteiger partial charge in [0, 0.05) is 15.7 Å². The summed E-state index contributed by atoms with van der Waals surface area (Å²) in [6, 6.07) is 13.6. The van der Waals surface area contributed by atoms with Crippen molar-refractivity contribution in [2.75, 3.05) is 0 Å². The summed E-state index contributed by atoms with van der Waals surface area (Å²) >= 11 is 9.34. The molecule has 30 heavy (non-hydrogen) atoms. The molecule has 0 radical (unpaired) electrons. The van der Waals surface area contributed by atoms with Gasteiger partial charge < -0.3 is 0 Å². The van der Waals surface area contributed by atoms with Crippen LogP contribution in [0.25, 0.3) is 15.9 Å². The van der Waals surface area contributed by atoms with Crippen LogP contribution in [0.1, 0.15) is 29.3 Å². The predicted octanol–water partition coefficient (Wildman–Crippen LogP) is 6.79. The van der Waals surface area contributed by atoms with Crippen LogP contribution in [0.3, 0.4) is 0 Å². The van der Waals surface area contributed by atoms with Gasteiger partial charge in [0.1, 0.15) is 10.6 Å². The molecule has 0 saturated carbocycles. The standard InChI is InChI=1S/C23H20ClFN2OS2/c1-3-6-19-14(2)20-21(30-19)26-23(29-13-15-7-4-5-8-18(15)24)27(22(20)28)17-11-9-16(25)10-12-17/h4-5,7-12H,3,6,13H2,1-2H3. The zero-order valence-corrected chi connectivity index (χ0v) is 19.0. The number of aryl methyl sites for hydroxylation is 2. The van der Waals surface area contributed by atoms with Crippen LogP contribution in [0, 0.1) is 12.7 Å². The van der Waals surface area contributed by atoms with Crippen molar-refractivity contribution in [1.82, 2.24) is 9.55 Å². The molecule has 7 heteroatoms. The highest BCUT2D eigenvalue weighted by Gasteiger charge is 2.19. The topological polar surface area (TPSA) is 34.9 Å². The highest BCUT2D eigenvalue weighted by Crippen LogP contribution is 2.32. The monoisotopic (exact) mass is 458 g/mol. The van der Waals surface area contributed by atoms with E-state index >= 15 is 0 Å². The molecular formula is C23H20ClFN2OS2. The van der Waals surface area contributed by atoms with E-state index in [0.717, 1.165) is 28.8 Å². The Bertz CT molecular complexity index is 1260. The van der Waals surface area contributed by atoms with Crippen LogP contribution in [0.2, 0.25) is 5.02 Å². The Morgan fingerprint density at radius 2 is 1.90 bits per heavy atom. The second-order valence-corrected chi connectivity index (χ2v) is 9.41. The highest BCUT2D eigenvalue weighted by atomic mass is 35.5. The number of thiophene rings is 1. The summed E-state index contributed by atoms with van der Waals surface area (Å²) < 4.78 is 15.1. The van der Waals surface area contributed by atoms with Crippen LogP contribution >= 0.6 is 34.7 Å². The van der Waals surface area contributed by atoms with Crippen LogP contribution in [-0.4, -0.2) is 9.55 Å². The Kier molecular flexibility index (Phi) is 6.27. The Labute approximate surface area is 187 Å². The molecule has 0 aliphatic rings. The molecule has 154 valence electrons. The molecule has 2 aromatic heterocycles. The Hall–Kier alpha value is -2.15. The molecule has 0 atom stereocenters. The van der Waals surface area contributed by atoms with Gasteiger partial charge in [-0.25, -0.2) is 9.37 Å². The summed E-state index contributed by atoms with van der Waals surface area (Å²) in [5, 5.41) is 1.90. The lowest BCUT2D eigenvalue weighted by atomic mass is 10.1. The number of thioether (sulfide) groups is 1. The maximum Gasteiger partial charge on any atom is 0.267 e. The number of halogens is 2. The minimum atomic E-state index is -0.344. The normalized spacial score (nSPS) is 11.3.